The van der Waals surface area contributed by atoms with E-state index in [4.69, 9.17) is 4.99 Å². The number of hydrogen-bond donors (Lipinski definition) is 2. The Bertz CT molecular complexity index is 572. The van der Waals surface area contributed by atoms with Gasteiger partial charge in [0.1, 0.15) is 0 Å². The van der Waals surface area contributed by atoms with Crippen LogP contribution >= 0.6 is 24.0 Å². The van der Waals surface area contributed by atoms with E-state index in [1.807, 2.05) is 0 Å². The number of hydrogen-bond acceptors (Lipinski definition) is 3. The molecule has 1 aromatic carbocycles. The zero-order chi connectivity index (χ0) is 18.9. The third kappa shape index (κ3) is 7.19. The van der Waals surface area contributed by atoms with Gasteiger partial charge in [0.15, 0.2) is 5.96 Å². The Balaban J connectivity index is 0.00000280. The molecule has 2 heterocycles. The van der Waals surface area contributed by atoms with Crippen LogP contribution in [0.15, 0.2) is 35.3 Å². The average Bonchev–Trinajstić information content (AvgIpc) is 3.16. The molecule has 0 saturated carbocycles. The van der Waals surface area contributed by atoms with Crippen molar-refractivity contribution in [1.82, 2.24) is 20.4 Å². The SMILES string of the molecule is CCNC(=NCC1CCCN1CC)NC1CCN(Cc2ccccc2)CC1.I. The molecule has 5 nitrogen and oxygen atoms in total. The lowest BCUT2D eigenvalue weighted by Crippen LogP contribution is -2.48. The summed E-state index contributed by atoms with van der Waals surface area (Å²) < 4.78 is 0. The van der Waals surface area contributed by atoms with E-state index in [1.165, 1.54) is 37.8 Å². The summed E-state index contributed by atoms with van der Waals surface area (Å²) in [6.45, 7) is 12.0. The van der Waals surface area contributed by atoms with Crippen LogP contribution in [0.3, 0.4) is 0 Å². The van der Waals surface area contributed by atoms with E-state index in [0.717, 1.165) is 45.2 Å². The molecule has 3 rings (SSSR count). The Morgan fingerprint density at radius 2 is 1.82 bits per heavy atom. The summed E-state index contributed by atoms with van der Waals surface area (Å²) in [5, 5.41) is 7.14. The van der Waals surface area contributed by atoms with Crippen molar-refractivity contribution in [3.05, 3.63) is 35.9 Å². The second kappa shape index (κ2) is 12.6. The Labute approximate surface area is 188 Å². The highest BCUT2D eigenvalue weighted by molar-refractivity contribution is 14.0. The van der Waals surface area contributed by atoms with Crippen molar-refractivity contribution < 1.29 is 0 Å². The van der Waals surface area contributed by atoms with Crippen LogP contribution in [-0.2, 0) is 6.54 Å². The second-order valence-corrected chi connectivity index (χ2v) is 7.82. The van der Waals surface area contributed by atoms with Crippen LogP contribution < -0.4 is 10.6 Å². The monoisotopic (exact) mass is 499 g/mol. The summed E-state index contributed by atoms with van der Waals surface area (Å²) in [6, 6.07) is 12.0. The number of piperidine rings is 1. The first-order valence-corrected chi connectivity index (χ1v) is 10.8. The number of halogens is 1. The summed E-state index contributed by atoms with van der Waals surface area (Å²) >= 11 is 0. The molecule has 0 radical (unpaired) electrons. The Morgan fingerprint density at radius 3 is 2.50 bits per heavy atom. The van der Waals surface area contributed by atoms with Crippen molar-refractivity contribution >= 4 is 29.9 Å². The lowest BCUT2D eigenvalue weighted by Gasteiger charge is -2.33. The van der Waals surface area contributed by atoms with Crippen molar-refractivity contribution in [2.75, 3.05) is 39.3 Å². The number of aliphatic imine (C=N–C) groups is 1. The Kier molecular flexibility index (Phi) is 10.6. The Morgan fingerprint density at radius 1 is 1.07 bits per heavy atom. The molecule has 6 heteroatoms. The number of benzene rings is 1. The number of guanidine groups is 1. The maximum absolute atomic E-state index is 4.91. The van der Waals surface area contributed by atoms with Crippen LogP contribution in [0.5, 0.6) is 0 Å². The molecule has 1 atom stereocenters. The van der Waals surface area contributed by atoms with Gasteiger partial charge in [-0.1, -0.05) is 37.3 Å². The van der Waals surface area contributed by atoms with Gasteiger partial charge in [-0.15, -0.1) is 24.0 Å². The second-order valence-electron chi connectivity index (χ2n) is 7.82. The molecule has 1 aromatic rings. The van der Waals surface area contributed by atoms with Crippen molar-refractivity contribution in [2.45, 2.75) is 58.2 Å². The average molecular weight is 499 g/mol. The molecule has 2 N–H and O–H groups in total. The van der Waals surface area contributed by atoms with Gasteiger partial charge >= 0.3 is 0 Å². The van der Waals surface area contributed by atoms with Gasteiger partial charge in [0.25, 0.3) is 0 Å². The smallest absolute Gasteiger partial charge is 0.191 e. The molecule has 0 bridgehead atoms. The lowest BCUT2D eigenvalue weighted by molar-refractivity contribution is 0.198. The lowest BCUT2D eigenvalue weighted by atomic mass is 10.0. The molecule has 0 aliphatic carbocycles. The molecule has 2 aliphatic rings. The first kappa shape index (κ1) is 23.4. The van der Waals surface area contributed by atoms with E-state index in [1.54, 1.807) is 0 Å². The molecule has 2 aliphatic heterocycles. The fraction of sp³-hybridized carbons (Fsp3) is 0.682. The molecule has 0 spiro atoms. The van der Waals surface area contributed by atoms with E-state index < -0.39 is 0 Å². The highest BCUT2D eigenvalue weighted by atomic mass is 127. The summed E-state index contributed by atoms with van der Waals surface area (Å²) in [4.78, 5) is 10.0. The molecular formula is C22H38IN5. The topological polar surface area (TPSA) is 42.9 Å². The van der Waals surface area contributed by atoms with Gasteiger partial charge in [0.2, 0.25) is 0 Å². The van der Waals surface area contributed by atoms with Crippen LogP contribution in [0.2, 0.25) is 0 Å². The largest absolute Gasteiger partial charge is 0.357 e. The predicted molar refractivity (Wildman–Crippen MR) is 130 cm³/mol. The minimum atomic E-state index is 0. The van der Waals surface area contributed by atoms with Gasteiger partial charge in [0, 0.05) is 38.3 Å². The van der Waals surface area contributed by atoms with Crippen LogP contribution in [0.4, 0.5) is 0 Å². The third-order valence-corrected chi connectivity index (χ3v) is 5.89. The van der Waals surface area contributed by atoms with Gasteiger partial charge in [-0.25, -0.2) is 0 Å². The minimum Gasteiger partial charge on any atom is -0.357 e. The van der Waals surface area contributed by atoms with E-state index >= 15 is 0 Å². The van der Waals surface area contributed by atoms with Crippen LogP contribution in [0.1, 0.15) is 45.1 Å². The van der Waals surface area contributed by atoms with Crippen LogP contribution in [0.25, 0.3) is 0 Å². The first-order chi connectivity index (χ1) is 13.3. The molecule has 2 saturated heterocycles. The number of nitrogens with zero attached hydrogens (tertiary/aromatic N) is 3. The van der Waals surface area contributed by atoms with E-state index in [9.17, 15) is 0 Å². The standard InChI is InChI=1S/C22H37N5.HI/c1-3-23-22(24-17-21-11-8-14-27(21)4-2)25-20-12-15-26(16-13-20)18-19-9-6-5-7-10-19;/h5-7,9-10,20-21H,3-4,8,11-18H2,1-2H3,(H2,23,24,25);1H. The van der Waals surface area contributed by atoms with Gasteiger partial charge in [0.05, 0.1) is 6.54 Å². The zero-order valence-electron chi connectivity index (χ0n) is 17.6. The number of likely N-dealkylation sites (N-methyl/N-ethyl adjacent to an activating group) is 1. The van der Waals surface area contributed by atoms with E-state index in [0.29, 0.717) is 12.1 Å². The summed E-state index contributed by atoms with van der Waals surface area (Å²) in [7, 11) is 0. The highest BCUT2D eigenvalue weighted by Gasteiger charge is 2.23. The molecule has 28 heavy (non-hydrogen) atoms. The fourth-order valence-corrected chi connectivity index (χ4v) is 4.31. The zero-order valence-corrected chi connectivity index (χ0v) is 19.9. The Hall–Kier alpha value is -0.860. The quantitative estimate of drug-likeness (QED) is 0.343. The van der Waals surface area contributed by atoms with Crippen molar-refractivity contribution in [2.24, 2.45) is 4.99 Å². The molecular weight excluding hydrogens is 461 g/mol. The molecule has 0 amide bonds. The normalized spacial score (nSPS) is 22.1. The van der Waals surface area contributed by atoms with Crippen LogP contribution in [0, 0.1) is 0 Å². The van der Waals surface area contributed by atoms with Gasteiger partial charge in [-0.3, -0.25) is 14.8 Å². The van der Waals surface area contributed by atoms with E-state index in [2.05, 4.69) is 64.6 Å². The summed E-state index contributed by atoms with van der Waals surface area (Å²) in [5.74, 6) is 1.00. The summed E-state index contributed by atoms with van der Waals surface area (Å²) in [5.41, 5.74) is 1.41. The molecule has 1 unspecified atom stereocenters. The van der Waals surface area contributed by atoms with Gasteiger partial charge < -0.3 is 10.6 Å². The maximum atomic E-state index is 4.91. The number of rotatable bonds is 7. The summed E-state index contributed by atoms with van der Waals surface area (Å²) in [6.07, 6.45) is 4.97. The fourth-order valence-electron chi connectivity index (χ4n) is 4.31. The van der Waals surface area contributed by atoms with Crippen molar-refractivity contribution in [3.63, 3.8) is 0 Å². The predicted octanol–water partition coefficient (Wildman–Crippen LogP) is 3.31. The minimum absolute atomic E-state index is 0. The molecule has 2 fully saturated rings. The van der Waals surface area contributed by atoms with Crippen molar-refractivity contribution in [3.8, 4) is 0 Å². The van der Waals surface area contributed by atoms with E-state index in [-0.39, 0.29) is 24.0 Å². The number of likely N-dealkylation sites (tertiary alicyclic amines) is 2. The van der Waals surface area contributed by atoms with Gasteiger partial charge in [-0.05, 0) is 51.3 Å². The van der Waals surface area contributed by atoms with Crippen molar-refractivity contribution in [1.29, 1.82) is 0 Å². The number of nitrogens with one attached hydrogen (secondary N) is 2. The van der Waals surface area contributed by atoms with Gasteiger partial charge in [-0.2, -0.15) is 0 Å². The third-order valence-electron chi connectivity index (χ3n) is 5.89. The first-order valence-electron chi connectivity index (χ1n) is 10.8. The maximum Gasteiger partial charge on any atom is 0.191 e. The highest BCUT2D eigenvalue weighted by Crippen LogP contribution is 2.17. The molecule has 0 aromatic heterocycles. The van der Waals surface area contributed by atoms with Crippen LogP contribution in [-0.4, -0.2) is 67.1 Å². The molecule has 158 valence electrons.